The predicted molar refractivity (Wildman–Crippen MR) is 135 cm³/mol. The molecule has 1 amide bonds. The number of hydrogen-bond acceptors (Lipinski definition) is 6. The minimum Gasteiger partial charge on any atom is -0.353 e. The number of hydrogen-bond donors (Lipinski definition) is 1. The molecule has 1 saturated heterocycles. The summed E-state index contributed by atoms with van der Waals surface area (Å²) in [5.41, 5.74) is 0. The summed E-state index contributed by atoms with van der Waals surface area (Å²) in [5.74, 6) is 2.16. The van der Waals surface area contributed by atoms with Gasteiger partial charge in [0.25, 0.3) is 0 Å². The van der Waals surface area contributed by atoms with Gasteiger partial charge in [0.05, 0.1) is 11.1 Å². The second-order valence-corrected chi connectivity index (χ2v) is 11.0. The van der Waals surface area contributed by atoms with E-state index in [-0.39, 0.29) is 5.91 Å². The fraction of sp³-hybridized carbons (Fsp3) is 0.520. The fourth-order valence-corrected chi connectivity index (χ4v) is 6.59. The molecule has 2 aliphatic rings. The molecule has 170 valence electrons. The lowest BCUT2D eigenvalue weighted by atomic mass is 9.84. The van der Waals surface area contributed by atoms with Gasteiger partial charge in [-0.15, -0.1) is 11.3 Å². The first kappa shape index (κ1) is 21.9. The number of amides is 1. The molecule has 1 aromatic carbocycles. The van der Waals surface area contributed by atoms with E-state index in [4.69, 9.17) is 4.37 Å². The Morgan fingerprint density at radius 1 is 1.03 bits per heavy atom. The van der Waals surface area contributed by atoms with Crippen molar-refractivity contribution in [3.63, 3.8) is 0 Å². The molecule has 1 aliphatic heterocycles. The first-order valence-electron chi connectivity index (χ1n) is 11.9. The highest BCUT2D eigenvalue weighted by Gasteiger charge is 2.25. The molecule has 5 nitrogen and oxygen atoms in total. The van der Waals surface area contributed by atoms with E-state index >= 15 is 0 Å². The van der Waals surface area contributed by atoms with Gasteiger partial charge in [-0.3, -0.25) is 9.69 Å². The second-order valence-electron chi connectivity index (χ2n) is 9.16. The number of nitrogens with zero attached hydrogens (tertiary/aromatic N) is 3. The van der Waals surface area contributed by atoms with Crippen LogP contribution in [0.2, 0.25) is 0 Å². The summed E-state index contributed by atoms with van der Waals surface area (Å²) < 4.78 is 6.01. The molecule has 2 aromatic heterocycles. The number of carbonyl (C=O) groups is 1. The van der Waals surface area contributed by atoms with Crippen molar-refractivity contribution in [3.8, 4) is 0 Å². The number of thiophene rings is 1. The summed E-state index contributed by atoms with van der Waals surface area (Å²) >= 11 is 3.27. The molecule has 1 saturated carbocycles. The Bertz CT molecular complexity index is 1000. The molecule has 1 aliphatic carbocycles. The maximum atomic E-state index is 12.3. The van der Waals surface area contributed by atoms with Crippen LogP contribution in [0, 0.1) is 5.92 Å². The largest absolute Gasteiger partial charge is 0.353 e. The minimum absolute atomic E-state index is 0.182. The molecule has 0 bridgehead atoms. The topological polar surface area (TPSA) is 48.5 Å². The van der Waals surface area contributed by atoms with Gasteiger partial charge >= 0.3 is 0 Å². The molecule has 5 rings (SSSR count). The lowest BCUT2D eigenvalue weighted by molar-refractivity contribution is -0.121. The summed E-state index contributed by atoms with van der Waals surface area (Å²) in [6.07, 6.45) is 6.57. The van der Waals surface area contributed by atoms with E-state index in [1.807, 2.05) is 17.5 Å². The number of rotatable bonds is 7. The van der Waals surface area contributed by atoms with E-state index in [1.54, 1.807) is 22.9 Å². The van der Waals surface area contributed by atoms with Crippen LogP contribution in [-0.2, 0) is 11.2 Å². The van der Waals surface area contributed by atoms with Crippen molar-refractivity contribution in [2.45, 2.75) is 44.6 Å². The van der Waals surface area contributed by atoms with Gasteiger partial charge in [0, 0.05) is 42.5 Å². The zero-order valence-electron chi connectivity index (χ0n) is 18.5. The van der Waals surface area contributed by atoms with Gasteiger partial charge < -0.3 is 10.2 Å². The van der Waals surface area contributed by atoms with Crippen molar-refractivity contribution >= 4 is 44.7 Å². The third kappa shape index (κ3) is 5.33. The Morgan fingerprint density at radius 3 is 2.62 bits per heavy atom. The average Bonchev–Trinajstić information content (AvgIpc) is 3.49. The summed E-state index contributed by atoms with van der Waals surface area (Å²) in [6, 6.07) is 13.0. The Hall–Kier alpha value is -1.96. The maximum absolute atomic E-state index is 12.3. The Balaban J connectivity index is 1.01. The third-order valence-corrected chi connectivity index (χ3v) is 8.70. The number of anilines is 1. The zero-order valence-corrected chi connectivity index (χ0v) is 20.2. The van der Waals surface area contributed by atoms with E-state index in [0.29, 0.717) is 12.5 Å². The Morgan fingerprint density at radius 2 is 1.84 bits per heavy atom. The molecular weight excluding hydrogens is 436 g/mol. The van der Waals surface area contributed by atoms with E-state index in [0.717, 1.165) is 49.8 Å². The molecule has 0 atom stereocenters. The van der Waals surface area contributed by atoms with E-state index < -0.39 is 0 Å². The van der Waals surface area contributed by atoms with Crippen LogP contribution in [0.3, 0.4) is 0 Å². The molecule has 0 radical (unpaired) electrons. The normalized spacial score (nSPS) is 22.3. The first-order valence-corrected chi connectivity index (χ1v) is 13.5. The molecule has 1 N–H and O–H groups in total. The molecule has 7 heteroatoms. The molecule has 0 unspecified atom stereocenters. The smallest absolute Gasteiger partial charge is 0.225 e. The molecule has 3 aromatic rings. The quantitative estimate of drug-likeness (QED) is 0.542. The van der Waals surface area contributed by atoms with Crippen LogP contribution in [0.5, 0.6) is 0 Å². The summed E-state index contributed by atoms with van der Waals surface area (Å²) in [4.78, 5) is 18.5. The van der Waals surface area contributed by atoms with Crippen LogP contribution >= 0.6 is 22.9 Å². The number of benzene rings is 1. The third-order valence-electron chi connectivity index (χ3n) is 7.01. The highest BCUT2D eigenvalue weighted by Crippen LogP contribution is 2.30. The van der Waals surface area contributed by atoms with Crippen LogP contribution in [0.15, 0.2) is 41.8 Å². The molecule has 3 heterocycles. The lowest BCUT2D eigenvalue weighted by Gasteiger charge is -2.36. The summed E-state index contributed by atoms with van der Waals surface area (Å²) in [5, 5.41) is 6.59. The maximum Gasteiger partial charge on any atom is 0.225 e. The number of aromatic nitrogens is 1. The van der Waals surface area contributed by atoms with Crippen LogP contribution in [0.25, 0.3) is 10.1 Å². The molecule has 32 heavy (non-hydrogen) atoms. The van der Waals surface area contributed by atoms with E-state index in [9.17, 15) is 4.79 Å². The van der Waals surface area contributed by atoms with Crippen LogP contribution < -0.4 is 10.2 Å². The SMILES string of the molecule is O=C(Cc1cccs1)NC1CCC(CCN2CCN(c3nsc4ccccc34)CC2)CC1. The van der Waals surface area contributed by atoms with E-state index in [2.05, 4.69) is 39.4 Å². The van der Waals surface area contributed by atoms with Gasteiger partial charge in [-0.25, -0.2) is 0 Å². The Kier molecular flexibility index (Phi) is 7.05. The van der Waals surface area contributed by atoms with Gasteiger partial charge in [-0.1, -0.05) is 18.2 Å². The van der Waals surface area contributed by atoms with Crippen LogP contribution in [0.1, 0.15) is 37.0 Å². The van der Waals surface area contributed by atoms with Gasteiger partial charge in [-0.05, 0) is 79.7 Å². The highest BCUT2D eigenvalue weighted by atomic mass is 32.1. The first-order chi connectivity index (χ1) is 15.7. The van der Waals surface area contributed by atoms with Gasteiger partial charge in [0.1, 0.15) is 5.82 Å². The highest BCUT2D eigenvalue weighted by molar-refractivity contribution is 7.13. The number of nitrogens with one attached hydrogen (secondary N) is 1. The van der Waals surface area contributed by atoms with Crippen molar-refractivity contribution in [2.75, 3.05) is 37.6 Å². The number of fused-ring (bicyclic) bond motifs is 1. The predicted octanol–water partition coefficient (Wildman–Crippen LogP) is 4.79. The zero-order chi connectivity index (χ0) is 21.8. The molecule has 2 fully saturated rings. The van der Waals surface area contributed by atoms with Gasteiger partial charge in [0.2, 0.25) is 5.91 Å². The summed E-state index contributed by atoms with van der Waals surface area (Å²) in [7, 11) is 0. The molecular formula is C25H32N4OS2. The van der Waals surface area contributed by atoms with Crippen molar-refractivity contribution in [3.05, 3.63) is 46.7 Å². The van der Waals surface area contributed by atoms with Crippen molar-refractivity contribution < 1.29 is 4.79 Å². The Labute approximate surface area is 198 Å². The van der Waals surface area contributed by atoms with Gasteiger partial charge in [-0.2, -0.15) is 4.37 Å². The van der Waals surface area contributed by atoms with Crippen molar-refractivity contribution in [1.29, 1.82) is 0 Å². The fourth-order valence-electron chi connectivity index (χ4n) is 5.09. The minimum atomic E-state index is 0.182. The van der Waals surface area contributed by atoms with Crippen molar-refractivity contribution in [2.24, 2.45) is 5.92 Å². The van der Waals surface area contributed by atoms with Crippen LogP contribution in [-0.4, -0.2) is 53.9 Å². The average molecular weight is 469 g/mol. The second kappa shape index (κ2) is 10.3. The summed E-state index contributed by atoms with van der Waals surface area (Å²) in [6.45, 7) is 5.58. The van der Waals surface area contributed by atoms with Crippen molar-refractivity contribution in [1.82, 2.24) is 14.6 Å². The standard InChI is InChI=1S/C25H32N4OS2/c30-24(18-21-4-3-17-31-21)26-20-9-7-19(8-10-20)11-12-28-13-15-29(16-14-28)25-22-5-1-2-6-23(22)32-27-25/h1-6,17,19-20H,7-16,18H2,(H,26,30). The van der Waals surface area contributed by atoms with E-state index in [1.165, 1.54) is 41.7 Å². The van der Waals surface area contributed by atoms with Gasteiger partial charge in [0.15, 0.2) is 0 Å². The number of carbonyl (C=O) groups excluding carboxylic acids is 1. The number of piperazine rings is 1. The van der Waals surface area contributed by atoms with Crippen LogP contribution in [0.4, 0.5) is 5.82 Å². The lowest BCUT2D eigenvalue weighted by Crippen LogP contribution is -2.47. The monoisotopic (exact) mass is 468 g/mol. The molecule has 0 spiro atoms.